The van der Waals surface area contributed by atoms with Crippen molar-refractivity contribution in [3.63, 3.8) is 0 Å². The van der Waals surface area contributed by atoms with E-state index in [-0.39, 0.29) is 5.78 Å². The Hall–Kier alpha value is -0.790. The smallest absolute Gasteiger partial charge is 0.157 e. The molecule has 0 unspecified atom stereocenters. The van der Waals surface area contributed by atoms with Crippen LogP contribution >= 0.6 is 0 Å². The Morgan fingerprint density at radius 1 is 1.50 bits per heavy atom. The summed E-state index contributed by atoms with van der Waals surface area (Å²) in [5, 5.41) is 2.85. The lowest BCUT2D eigenvalue weighted by Gasteiger charge is -2.06. The van der Waals surface area contributed by atoms with E-state index in [1.54, 1.807) is 20.2 Å². The number of allylic oxidation sites excluding steroid dienone is 1. The van der Waals surface area contributed by atoms with Gasteiger partial charge >= 0.3 is 0 Å². The molecule has 2 nitrogen and oxygen atoms in total. The summed E-state index contributed by atoms with van der Waals surface area (Å²) in [6.07, 6.45) is 1.76. The molecular weight excluding hydrogens is 126 g/mol. The van der Waals surface area contributed by atoms with Crippen LogP contribution in [0.1, 0.15) is 20.8 Å². The number of Topliss-reactive ketones (excluding diaryl/α,β-unsaturated/α-hetero) is 1. The molecule has 0 fully saturated rings. The average Bonchev–Trinajstić information content (AvgIpc) is 1.81. The molecule has 0 rings (SSSR count). The third-order valence-corrected chi connectivity index (χ3v) is 1.33. The van der Waals surface area contributed by atoms with Gasteiger partial charge in [0.15, 0.2) is 5.78 Å². The Morgan fingerprint density at radius 3 is 2.10 bits per heavy atom. The van der Waals surface area contributed by atoms with Gasteiger partial charge in [-0.15, -0.1) is 0 Å². The molecule has 2 heteroatoms. The van der Waals surface area contributed by atoms with E-state index in [1.165, 1.54) is 0 Å². The van der Waals surface area contributed by atoms with Crippen molar-refractivity contribution in [3.05, 3.63) is 11.8 Å². The second-order valence-corrected chi connectivity index (χ2v) is 2.60. The third-order valence-electron chi connectivity index (χ3n) is 1.33. The van der Waals surface area contributed by atoms with Crippen LogP contribution in [0.5, 0.6) is 0 Å². The van der Waals surface area contributed by atoms with Crippen LogP contribution in [0.15, 0.2) is 11.8 Å². The van der Waals surface area contributed by atoms with Gasteiger partial charge < -0.3 is 5.32 Å². The number of ketones is 1. The minimum absolute atomic E-state index is 0.143. The first-order valence-electron chi connectivity index (χ1n) is 3.47. The summed E-state index contributed by atoms with van der Waals surface area (Å²) in [6, 6.07) is 0. The zero-order chi connectivity index (χ0) is 8.15. The molecule has 0 aliphatic heterocycles. The van der Waals surface area contributed by atoms with E-state index in [0.29, 0.717) is 5.92 Å². The van der Waals surface area contributed by atoms with Gasteiger partial charge in [-0.2, -0.15) is 0 Å². The van der Waals surface area contributed by atoms with E-state index < -0.39 is 0 Å². The second-order valence-electron chi connectivity index (χ2n) is 2.60. The Morgan fingerprint density at radius 2 is 2.00 bits per heavy atom. The van der Waals surface area contributed by atoms with Gasteiger partial charge in [0.05, 0.1) is 0 Å². The largest absolute Gasteiger partial charge is 0.394 e. The number of carbonyl (C=O) groups excluding carboxylic acids is 1. The van der Waals surface area contributed by atoms with Gasteiger partial charge in [0.25, 0.3) is 0 Å². The van der Waals surface area contributed by atoms with Crippen molar-refractivity contribution in [1.29, 1.82) is 0 Å². The normalized spacial score (nSPS) is 11.9. The first kappa shape index (κ1) is 9.21. The van der Waals surface area contributed by atoms with Crippen molar-refractivity contribution in [2.24, 2.45) is 5.92 Å². The fourth-order valence-electron chi connectivity index (χ4n) is 0.830. The molecule has 0 saturated carbocycles. The monoisotopic (exact) mass is 141 g/mol. The van der Waals surface area contributed by atoms with Gasteiger partial charge in [-0.3, -0.25) is 4.79 Å². The zero-order valence-corrected chi connectivity index (χ0v) is 7.06. The average molecular weight is 141 g/mol. The summed E-state index contributed by atoms with van der Waals surface area (Å²) in [5.41, 5.74) is 0.850. The van der Waals surface area contributed by atoms with Crippen LogP contribution in [0.2, 0.25) is 0 Å². The summed E-state index contributed by atoms with van der Waals surface area (Å²) in [5.74, 6) is 0.453. The van der Waals surface area contributed by atoms with Crippen molar-refractivity contribution >= 4 is 5.78 Å². The lowest BCUT2D eigenvalue weighted by molar-refractivity contribution is -0.114. The maximum Gasteiger partial charge on any atom is 0.157 e. The molecule has 0 radical (unpaired) electrons. The van der Waals surface area contributed by atoms with Crippen LogP contribution in [0.4, 0.5) is 0 Å². The molecule has 1 N–H and O–H groups in total. The number of hydrogen-bond acceptors (Lipinski definition) is 2. The van der Waals surface area contributed by atoms with Crippen molar-refractivity contribution < 1.29 is 4.79 Å². The minimum Gasteiger partial charge on any atom is -0.394 e. The highest BCUT2D eigenvalue weighted by molar-refractivity contribution is 5.93. The molecule has 0 aromatic rings. The minimum atomic E-state index is 0.143. The Labute approximate surface area is 62.3 Å². The van der Waals surface area contributed by atoms with Crippen LogP contribution in [0, 0.1) is 5.92 Å². The van der Waals surface area contributed by atoms with Crippen LogP contribution in [0.3, 0.4) is 0 Å². The van der Waals surface area contributed by atoms with Crippen LogP contribution < -0.4 is 5.32 Å². The van der Waals surface area contributed by atoms with Crippen molar-refractivity contribution in [1.82, 2.24) is 5.32 Å². The lowest BCUT2D eigenvalue weighted by Crippen LogP contribution is -2.08. The summed E-state index contributed by atoms with van der Waals surface area (Å²) in [6.45, 7) is 5.60. The topological polar surface area (TPSA) is 29.1 Å². The molecule has 0 amide bonds. The highest BCUT2D eigenvalue weighted by Crippen LogP contribution is 2.08. The number of carbonyl (C=O) groups is 1. The van der Waals surface area contributed by atoms with Crippen molar-refractivity contribution in [2.45, 2.75) is 20.8 Å². The van der Waals surface area contributed by atoms with Crippen LogP contribution in [0.25, 0.3) is 0 Å². The molecule has 0 saturated heterocycles. The molecule has 0 aromatic carbocycles. The van der Waals surface area contributed by atoms with Crippen LogP contribution in [-0.4, -0.2) is 12.8 Å². The van der Waals surface area contributed by atoms with E-state index in [9.17, 15) is 4.79 Å². The van der Waals surface area contributed by atoms with E-state index in [2.05, 4.69) is 5.32 Å². The van der Waals surface area contributed by atoms with Gasteiger partial charge in [-0.05, 0) is 12.8 Å². The zero-order valence-electron chi connectivity index (χ0n) is 7.06. The van der Waals surface area contributed by atoms with Gasteiger partial charge in [0, 0.05) is 18.8 Å². The third kappa shape index (κ3) is 2.67. The first-order valence-corrected chi connectivity index (χ1v) is 3.47. The lowest BCUT2D eigenvalue weighted by atomic mass is 10.0. The molecule has 0 aromatic heterocycles. The van der Waals surface area contributed by atoms with Gasteiger partial charge in [0.2, 0.25) is 0 Å². The van der Waals surface area contributed by atoms with Crippen molar-refractivity contribution in [3.8, 4) is 0 Å². The molecule has 0 bridgehead atoms. The second kappa shape index (κ2) is 4.09. The summed E-state index contributed by atoms with van der Waals surface area (Å²) in [4.78, 5) is 10.9. The maximum atomic E-state index is 10.9. The van der Waals surface area contributed by atoms with Gasteiger partial charge in [-0.25, -0.2) is 0 Å². The molecule has 10 heavy (non-hydrogen) atoms. The number of rotatable bonds is 3. The molecule has 0 aliphatic carbocycles. The molecule has 0 heterocycles. The molecule has 0 spiro atoms. The summed E-state index contributed by atoms with van der Waals surface area (Å²) < 4.78 is 0. The fraction of sp³-hybridized carbons (Fsp3) is 0.625. The van der Waals surface area contributed by atoms with E-state index in [0.717, 1.165) is 5.57 Å². The quantitative estimate of drug-likeness (QED) is 0.601. The fourth-order valence-corrected chi connectivity index (χ4v) is 0.830. The Kier molecular flexibility index (Phi) is 3.77. The Bertz CT molecular complexity index is 147. The Balaban J connectivity index is 4.27. The summed E-state index contributed by atoms with van der Waals surface area (Å²) >= 11 is 0. The van der Waals surface area contributed by atoms with Gasteiger partial charge in [0.1, 0.15) is 0 Å². The first-order chi connectivity index (χ1) is 4.59. The maximum absolute atomic E-state index is 10.9. The van der Waals surface area contributed by atoms with E-state index >= 15 is 0 Å². The van der Waals surface area contributed by atoms with Crippen LogP contribution in [-0.2, 0) is 4.79 Å². The molecule has 0 aliphatic rings. The highest BCUT2D eigenvalue weighted by atomic mass is 16.1. The number of nitrogens with one attached hydrogen (secondary N) is 1. The standard InChI is InChI=1S/C8H15NO/c1-6(2)8(5-9-4)7(3)10/h5-6,9H,1-4H3/b8-5-. The molecule has 58 valence electrons. The molecular formula is C8H15NO. The van der Waals surface area contributed by atoms with E-state index in [1.807, 2.05) is 13.8 Å². The molecule has 0 atom stereocenters. The van der Waals surface area contributed by atoms with Gasteiger partial charge in [-0.1, -0.05) is 13.8 Å². The van der Waals surface area contributed by atoms with E-state index in [4.69, 9.17) is 0 Å². The van der Waals surface area contributed by atoms with Crippen molar-refractivity contribution in [2.75, 3.05) is 7.05 Å². The SMILES string of the molecule is CN/C=C(\C(C)=O)C(C)C. The highest BCUT2D eigenvalue weighted by Gasteiger charge is 2.06. The predicted octanol–water partition coefficient (Wildman–Crippen LogP) is 1.33. The predicted molar refractivity (Wildman–Crippen MR) is 42.7 cm³/mol. The summed E-state index contributed by atoms with van der Waals surface area (Å²) in [7, 11) is 1.80. The number of hydrogen-bond donors (Lipinski definition) is 1.